The molecule has 0 saturated carbocycles. The van der Waals surface area contributed by atoms with E-state index < -0.39 is 0 Å². The normalized spacial score (nSPS) is 14.1. The van der Waals surface area contributed by atoms with Crippen LogP contribution in [0.25, 0.3) is 0 Å². The molecule has 0 fully saturated rings. The van der Waals surface area contributed by atoms with Crippen molar-refractivity contribution in [1.82, 2.24) is 9.55 Å². The zero-order valence-electron chi connectivity index (χ0n) is 12.3. The van der Waals surface area contributed by atoms with Crippen LogP contribution in [0.5, 0.6) is 0 Å². The molecule has 0 atom stereocenters. The molecule has 110 valence electrons. The lowest BCUT2D eigenvalue weighted by molar-refractivity contribution is 0.101. The molecule has 0 N–H and O–H groups in total. The summed E-state index contributed by atoms with van der Waals surface area (Å²) in [4.78, 5) is 18.2. The summed E-state index contributed by atoms with van der Waals surface area (Å²) in [5.74, 6) is 1.06. The standard InChI is InChI=1S/C16H18ClN3O/c1-11(21)12-5-6-14-13(8-12)4-3-7-20(14)10-16-18-9-15(17)19(16)2/h5-6,8-9H,3-4,7,10H2,1-2H3. The average Bonchev–Trinajstić information content (AvgIpc) is 2.79. The van der Waals surface area contributed by atoms with Crippen LogP contribution in [-0.4, -0.2) is 21.9 Å². The summed E-state index contributed by atoms with van der Waals surface area (Å²) in [5.41, 5.74) is 3.23. The highest BCUT2D eigenvalue weighted by Gasteiger charge is 2.19. The number of rotatable bonds is 3. The molecule has 1 aliphatic heterocycles. The molecule has 5 heteroatoms. The first-order valence-corrected chi connectivity index (χ1v) is 7.49. The smallest absolute Gasteiger partial charge is 0.159 e. The molecule has 3 rings (SSSR count). The summed E-state index contributed by atoms with van der Waals surface area (Å²) in [5, 5.41) is 0.647. The van der Waals surface area contributed by atoms with Crippen LogP contribution in [0.3, 0.4) is 0 Å². The van der Waals surface area contributed by atoms with Gasteiger partial charge in [-0.25, -0.2) is 4.98 Å². The molecule has 2 aromatic rings. The molecular formula is C16H18ClN3O. The lowest BCUT2D eigenvalue weighted by Gasteiger charge is -2.31. The number of fused-ring (bicyclic) bond motifs is 1. The van der Waals surface area contributed by atoms with Gasteiger partial charge in [-0.1, -0.05) is 11.6 Å². The van der Waals surface area contributed by atoms with Crippen LogP contribution < -0.4 is 4.90 Å². The van der Waals surface area contributed by atoms with Crippen LogP contribution in [0.1, 0.15) is 35.1 Å². The predicted molar refractivity (Wildman–Crippen MR) is 84.0 cm³/mol. The minimum atomic E-state index is 0.116. The van der Waals surface area contributed by atoms with Crippen molar-refractivity contribution in [2.24, 2.45) is 7.05 Å². The van der Waals surface area contributed by atoms with Gasteiger partial charge in [0, 0.05) is 24.8 Å². The Labute approximate surface area is 129 Å². The van der Waals surface area contributed by atoms with E-state index in [1.54, 1.807) is 13.1 Å². The van der Waals surface area contributed by atoms with Crippen LogP contribution in [0.2, 0.25) is 5.15 Å². The van der Waals surface area contributed by atoms with Crippen molar-refractivity contribution in [2.45, 2.75) is 26.3 Å². The van der Waals surface area contributed by atoms with E-state index in [0.717, 1.165) is 37.3 Å². The van der Waals surface area contributed by atoms with Crippen molar-refractivity contribution in [1.29, 1.82) is 0 Å². The second-order valence-corrected chi connectivity index (χ2v) is 5.87. The molecule has 0 amide bonds. The summed E-state index contributed by atoms with van der Waals surface area (Å²) in [6, 6.07) is 5.98. The quantitative estimate of drug-likeness (QED) is 0.817. The van der Waals surface area contributed by atoms with Crippen LogP contribution >= 0.6 is 11.6 Å². The number of ketones is 1. The van der Waals surface area contributed by atoms with Gasteiger partial charge in [0.2, 0.25) is 0 Å². The molecule has 1 aromatic heterocycles. The van der Waals surface area contributed by atoms with E-state index >= 15 is 0 Å². The number of halogens is 1. The second-order valence-electron chi connectivity index (χ2n) is 5.48. The minimum absolute atomic E-state index is 0.116. The van der Waals surface area contributed by atoms with Crippen molar-refractivity contribution in [2.75, 3.05) is 11.4 Å². The van der Waals surface area contributed by atoms with Crippen molar-refractivity contribution in [3.63, 3.8) is 0 Å². The average molecular weight is 304 g/mol. The van der Waals surface area contributed by atoms with Gasteiger partial charge in [0.1, 0.15) is 11.0 Å². The maximum absolute atomic E-state index is 11.5. The SMILES string of the molecule is CC(=O)c1ccc2c(c1)CCCN2Cc1ncc(Cl)n1C. The van der Waals surface area contributed by atoms with Gasteiger partial charge < -0.3 is 9.47 Å². The molecule has 0 aliphatic carbocycles. The number of aromatic nitrogens is 2. The van der Waals surface area contributed by atoms with Crippen LogP contribution in [0, 0.1) is 0 Å². The number of carbonyl (C=O) groups excluding carboxylic acids is 1. The van der Waals surface area contributed by atoms with Crippen molar-refractivity contribution < 1.29 is 4.79 Å². The number of Topliss-reactive ketones (excluding diaryl/α,β-unsaturated/α-hetero) is 1. The zero-order chi connectivity index (χ0) is 15.0. The first kappa shape index (κ1) is 14.1. The van der Waals surface area contributed by atoms with Gasteiger partial charge in [-0.05, 0) is 43.5 Å². The van der Waals surface area contributed by atoms with Gasteiger partial charge >= 0.3 is 0 Å². The Hall–Kier alpha value is -1.81. The third-order valence-electron chi connectivity index (χ3n) is 4.06. The fourth-order valence-corrected chi connectivity index (χ4v) is 2.95. The van der Waals surface area contributed by atoms with Crippen molar-refractivity contribution >= 4 is 23.1 Å². The van der Waals surface area contributed by atoms with E-state index in [4.69, 9.17) is 11.6 Å². The molecule has 1 aromatic carbocycles. The fourth-order valence-electron chi connectivity index (χ4n) is 2.80. The Morgan fingerprint density at radius 1 is 1.43 bits per heavy atom. The number of anilines is 1. The van der Waals surface area contributed by atoms with E-state index in [1.165, 1.54) is 11.3 Å². The number of imidazole rings is 1. The summed E-state index contributed by atoms with van der Waals surface area (Å²) in [6.45, 7) is 3.34. The Morgan fingerprint density at radius 2 is 2.24 bits per heavy atom. The molecule has 1 aliphatic rings. The van der Waals surface area contributed by atoms with E-state index in [-0.39, 0.29) is 5.78 Å². The largest absolute Gasteiger partial charge is 0.364 e. The van der Waals surface area contributed by atoms with E-state index in [0.29, 0.717) is 5.15 Å². The molecular weight excluding hydrogens is 286 g/mol. The highest BCUT2D eigenvalue weighted by atomic mass is 35.5. The number of aryl methyl sites for hydroxylation is 1. The van der Waals surface area contributed by atoms with E-state index in [9.17, 15) is 4.79 Å². The summed E-state index contributed by atoms with van der Waals surface area (Å²) < 4.78 is 1.90. The van der Waals surface area contributed by atoms with Gasteiger partial charge in [0.05, 0.1) is 12.7 Å². The fraction of sp³-hybridized carbons (Fsp3) is 0.375. The molecule has 0 radical (unpaired) electrons. The third-order valence-corrected chi connectivity index (χ3v) is 4.41. The predicted octanol–water partition coefficient (Wildman–Crippen LogP) is 3.23. The highest BCUT2D eigenvalue weighted by molar-refractivity contribution is 6.29. The lowest BCUT2D eigenvalue weighted by Crippen LogP contribution is -2.30. The molecule has 0 saturated heterocycles. The molecule has 2 heterocycles. The number of benzene rings is 1. The van der Waals surface area contributed by atoms with Gasteiger partial charge in [0.25, 0.3) is 0 Å². The van der Waals surface area contributed by atoms with Gasteiger partial charge in [-0.15, -0.1) is 0 Å². The van der Waals surface area contributed by atoms with E-state index in [1.807, 2.05) is 23.7 Å². The second kappa shape index (κ2) is 5.53. The zero-order valence-corrected chi connectivity index (χ0v) is 13.0. The van der Waals surface area contributed by atoms with Gasteiger partial charge in [-0.2, -0.15) is 0 Å². The number of nitrogens with zero attached hydrogens (tertiary/aromatic N) is 3. The van der Waals surface area contributed by atoms with E-state index in [2.05, 4.69) is 16.0 Å². The third kappa shape index (κ3) is 2.68. The number of carbonyl (C=O) groups is 1. The summed E-state index contributed by atoms with van der Waals surface area (Å²) in [6.07, 6.45) is 3.79. The Kier molecular flexibility index (Phi) is 3.72. The van der Waals surface area contributed by atoms with Gasteiger partial charge in [-0.3, -0.25) is 4.79 Å². The molecule has 21 heavy (non-hydrogen) atoms. The minimum Gasteiger partial charge on any atom is -0.364 e. The number of hydrogen-bond acceptors (Lipinski definition) is 3. The first-order valence-electron chi connectivity index (χ1n) is 7.11. The monoisotopic (exact) mass is 303 g/mol. The van der Waals surface area contributed by atoms with Gasteiger partial charge in [0.15, 0.2) is 5.78 Å². The van der Waals surface area contributed by atoms with Crippen molar-refractivity contribution in [3.05, 3.63) is 46.5 Å². The summed E-state index contributed by atoms with van der Waals surface area (Å²) >= 11 is 6.05. The first-order chi connectivity index (χ1) is 10.1. The van der Waals surface area contributed by atoms with Crippen molar-refractivity contribution in [3.8, 4) is 0 Å². The summed E-state index contributed by atoms with van der Waals surface area (Å²) in [7, 11) is 1.92. The molecule has 4 nitrogen and oxygen atoms in total. The Bertz CT molecular complexity index is 693. The maximum Gasteiger partial charge on any atom is 0.159 e. The Morgan fingerprint density at radius 3 is 2.90 bits per heavy atom. The molecule has 0 spiro atoms. The van der Waals surface area contributed by atoms with Crippen LogP contribution in [0.15, 0.2) is 24.4 Å². The highest BCUT2D eigenvalue weighted by Crippen LogP contribution is 2.29. The topological polar surface area (TPSA) is 38.1 Å². The molecule has 0 bridgehead atoms. The Balaban J connectivity index is 1.90. The van der Waals surface area contributed by atoms with Crippen LogP contribution in [-0.2, 0) is 20.0 Å². The number of hydrogen-bond donors (Lipinski definition) is 0. The van der Waals surface area contributed by atoms with Crippen LogP contribution in [0.4, 0.5) is 5.69 Å². The lowest BCUT2D eigenvalue weighted by atomic mass is 9.98. The molecule has 0 unspecified atom stereocenters. The maximum atomic E-state index is 11.5.